The van der Waals surface area contributed by atoms with Crippen molar-refractivity contribution >= 4 is 6.09 Å². The fourth-order valence-corrected chi connectivity index (χ4v) is 0.591. The van der Waals surface area contributed by atoms with Crippen LogP contribution in [0.15, 0.2) is 0 Å². The smallest absolute Gasteiger partial charge is 0.410 e. The summed E-state index contributed by atoms with van der Waals surface area (Å²) >= 11 is 0. The monoisotopic (exact) mass is 205 g/mol. The van der Waals surface area contributed by atoms with E-state index in [1.165, 1.54) is 4.90 Å². The van der Waals surface area contributed by atoms with E-state index in [0.717, 1.165) is 0 Å². The lowest BCUT2D eigenvalue weighted by atomic mass is 10.1. The van der Waals surface area contributed by atoms with Crippen molar-refractivity contribution in [2.75, 3.05) is 20.3 Å². The van der Waals surface area contributed by atoms with E-state index in [2.05, 4.69) is 0 Å². The molecule has 14 heavy (non-hydrogen) atoms. The van der Waals surface area contributed by atoms with E-state index in [-0.39, 0.29) is 12.1 Å². The minimum atomic E-state index is -1.01. The number of nitrogens with zero attached hydrogens (tertiary/aromatic N) is 1. The first-order chi connectivity index (χ1) is 6.29. The lowest BCUT2D eigenvalue weighted by Crippen LogP contribution is -2.43. The Balaban J connectivity index is 3.97. The highest BCUT2D eigenvalue weighted by molar-refractivity contribution is 5.68. The zero-order valence-corrected chi connectivity index (χ0v) is 9.15. The molecule has 5 heteroatoms. The lowest BCUT2D eigenvalue weighted by Gasteiger charge is -2.31. The molecule has 5 nitrogen and oxygen atoms in total. The van der Waals surface area contributed by atoms with E-state index in [4.69, 9.17) is 14.9 Å². The van der Waals surface area contributed by atoms with Gasteiger partial charge in [0.05, 0.1) is 6.61 Å². The van der Waals surface area contributed by atoms with E-state index in [0.29, 0.717) is 0 Å². The molecular weight excluding hydrogens is 186 g/mol. The molecule has 0 saturated carbocycles. The maximum atomic E-state index is 11.3. The van der Waals surface area contributed by atoms with Crippen LogP contribution in [0.2, 0.25) is 0 Å². The molecule has 0 spiro atoms. The molecule has 0 fully saturated rings. The molecule has 0 aliphatic carbocycles. The second-order valence-electron chi connectivity index (χ2n) is 4.14. The molecule has 0 saturated heterocycles. The summed E-state index contributed by atoms with van der Waals surface area (Å²) in [5.41, 5.74) is -0.318. The topological polar surface area (TPSA) is 70.0 Å². The molecule has 0 aliphatic rings. The Labute approximate surface area is 84.3 Å². The Bertz CT molecular complexity index is 188. The molecule has 0 bridgehead atoms. The highest BCUT2D eigenvalue weighted by Gasteiger charge is 2.23. The van der Waals surface area contributed by atoms with Crippen molar-refractivity contribution in [3.05, 3.63) is 0 Å². The van der Waals surface area contributed by atoms with Crippen LogP contribution in [0.5, 0.6) is 0 Å². The number of amides is 1. The van der Waals surface area contributed by atoms with E-state index < -0.39 is 18.8 Å². The van der Waals surface area contributed by atoms with Gasteiger partial charge in [-0.2, -0.15) is 0 Å². The van der Waals surface area contributed by atoms with Crippen LogP contribution in [0.25, 0.3) is 0 Å². The molecule has 84 valence electrons. The molecule has 1 atom stereocenters. The number of rotatable bonds is 3. The van der Waals surface area contributed by atoms with Gasteiger partial charge in [-0.1, -0.05) is 0 Å². The molecule has 0 radical (unpaired) electrons. The second kappa shape index (κ2) is 5.17. The van der Waals surface area contributed by atoms with E-state index in [1.807, 2.05) is 20.8 Å². The van der Waals surface area contributed by atoms with Crippen molar-refractivity contribution < 1.29 is 19.7 Å². The van der Waals surface area contributed by atoms with Gasteiger partial charge in [0.2, 0.25) is 0 Å². The third-order valence-electron chi connectivity index (χ3n) is 1.89. The van der Waals surface area contributed by atoms with Gasteiger partial charge in [-0.05, 0) is 20.8 Å². The van der Waals surface area contributed by atoms with Crippen LogP contribution in [0.3, 0.4) is 0 Å². The second-order valence-corrected chi connectivity index (χ2v) is 4.14. The van der Waals surface area contributed by atoms with E-state index >= 15 is 0 Å². The van der Waals surface area contributed by atoms with Crippen LogP contribution in [0, 0.1) is 0 Å². The molecule has 2 N–H and O–H groups in total. The Morgan fingerprint density at radius 2 is 2.00 bits per heavy atom. The van der Waals surface area contributed by atoms with Gasteiger partial charge < -0.3 is 19.8 Å². The molecule has 0 heterocycles. The minimum absolute atomic E-state index is 0.185. The van der Waals surface area contributed by atoms with Crippen LogP contribution in [-0.2, 0) is 4.74 Å². The van der Waals surface area contributed by atoms with Gasteiger partial charge in [-0.15, -0.1) is 0 Å². The first-order valence-corrected chi connectivity index (χ1v) is 4.48. The number of aliphatic hydroxyl groups excluding tert-OH is 2. The predicted molar refractivity (Wildman–Crippen MR) is 52.0 cm³/mol. The quantitative estimate of drug-likeness (QED) is 0.691. The minimum Gasteiger partial charge on any atom is -0.447 e. The molecular formula is C9H19NO4. The number of hydrogen-bond acceptors (Lipinski definition) is 4. The fraction of sp³-hybridized carbons (Fsp3) is 0.889. The zero-order chi connectivity index (χ0) is 11.4. The average molecular weight is 205 g/mol. The molecule has 0 rings (SSSR count). The summed E-state index contributed by atoms with van der Waals surface area (Å²) in [6.07, 6.45) is -1.52. The van der Waals surface area contributed by atoms with Gasteiger partial charge in [0.15, 0.2) is 0 Å². The summed E-state index contributed by atoms with van der Waals surface area (Å²) in [6.45, 7) is 5.02. The first-order valence-electron chi connectivity index (χ1n) is 4.48. The Morgan fingerprint density at radius 1 is 1.50 bits per heavy atom. The first kappa shape index (κ1) is 13.2. The lowest BCUT2D eigenvalue weighted by molar-refractivity contribution is 0.0140. The summed E-state index contributed by atoms with van der Waals surface area (Å²) in [6, 6.07) is 0. The van der Waals surface area contributed by atoms with Crippen molar-refractivity contribution in [1.29, 1.82) is 0 Å². The summed E-state index contributed by atoms with van der Waals surface area (Å²) in [7, 11) is 1.62. The normalized spacial score (nSPS) is 13.6. The summed E-state index contributed by atoms with van der Waals surface area (Å²) in [5, 5.41) is 17.4. The van der Waals surface area contributed by atoms with Gasteiger partial charge in [0.25, 0.3) is 0 Å². The van der Waals surface area contributed by atoms with Crippen LogP contribution >= 0.6 is 0 Å². The molecule has 0 aromatic heterocycles. The summed E-state index contributed by atoms with van der Waals surface area (Å²) in [5.74, 6) is 0. The van der Waals surface area contributed by atoms with Gasteiger partial charge >= 0.3 is 6.09 Å². The number of carbonyl (C=O) groups excluding carboxylic acids is 1. The molecule has 0 aromatic rings. The number of carbonyl (C=O) groups is 1. The standard InChI is InChI=1S/C9H19NO4/c1-9(2,3)10(4)8(13)14-6-7(12)5-11/h7,11-12H,5-6H2,1-4H3. The Morgan fingerprint density at radius 3 is 2.36 bits per heavy atom. The van der Waals surface area contributed by atoms with Crippen LogP contribution in [0.4, 0.5) is 4.79 Å². The molecule has 1 amide bonds. The maximum absolute atomic E-state index is 11.3. The molecule has 0 aromatic carbocycles. The van der Waals surface area contributed by atoms with Crippen LogP contribution in [0.1, 0.15) is 20.8 Å². The maximum Gasteiger partial charge on any atom is 0.410 e. The van der Waals surface area contributed by atoms with Crippen molar-refractivity contribution in [2.24, 2.45) is 0 Å². The van der Waals surface area contributed by atoms with Gasteiger partial charge in [-0.3, -0.25) is 0 Å². The highest BCUT2D eigenvalue weighted by atomic mass is 16.6. The van der Waals surface area contributed by atoms with Crippen LogP contribution in [-0.4, -0.2) is 53.1 Å². The van der Waals surface area contributed by atoms with E-state index in [1.54, 1.807) is 7.05 Å². The summed E-state index contributed by atoms with van der Waals surface area (Å²) < 4.78 is 4.76. The zero-order valence-electron chi connectivity index (χ0n) is 9.15. The van der Waals surface area contributed by atoms with Crippen molar-refractivity contribution in [3.63, 3.8) is 0 Å². The van der Waals surface area contributed by atoms with Crippen LogP contribution < -0.4 is 0 Å². The van der Waals surface area contributed by atoms with Crippen molar-refractivity contribution in [1.82, 2.24) is 4.90 Å². The van der Waals surface area contributed by atoms with Crippen molar-refractivity contribution in [2.45, 2.75) is 32.4 Å². The Hall–Kier alpha value is -0.810. The Kier molecular flexibility index (Phi) is 4.87. The number of hydrogen-bond donors (Lipinski definition) is 2. The van der Waals surface area contributed by atoms with Crippen molar-refractivity contribution in [3.8, 4) is 0 Å². The predicted octanol–water partition coefficient (Wildman–Crippen LogP) is 0.206. The average Bonchev–Trinajstić information content (AvgIpc) is 2.10. The van der Waals surface area contributed by atoms with Gasteiger partial charge in [-0.25, -0.2) is 4.79 Å². The largest absolute Gasteiger partial charge is 0.447 e. The third-order valence-corrected chi connectivity index (χ3v) is 1.89. The number of aliphatic hydroxyl groups is 2. The summed E-state index contributed by atoms with van der Waals surface area (Å²) in [4.78, 5) is 12.7. The van der Waals surface area contributed by atoms with Gasteiger partial charge in [0.1, 0.15) is 12.7 Å². The number of ether oxygens (including phenoxy) is 1. The highest BCUT2D eigenvalue weighted by Crippen LogP contribution is 2.11. The molecule has 1 unspecified atom stereocenters. The SMILES string of the molecule is CN(C(=O)OCC(O)CO)C(C)(C)C. The third kappa shape index (κ3) is 4.43. The van der Waals surface area contributed by atoms with Gasteiger partial charge in [0, 0.05) is 12.6 Å². The van der Waals surface area contributed by atoms with E-state index in [9.17, 15) is 4.79 Å². The molecule has 0 aliphatic heterocycles. The fourth-order valence-electron chi connectivity index (χ4n) is 0.591.